The fourth-order valence-corrected chi connectivity index (χ4v) is 3.04. The van der Waals surface area contributed by atoms with Gasteiger partial charge >= 0.3 is 6.09 Å². The van der Waals surface area contributed by atoms with Crippen LogP contribution in [0.4, 0.5) is 4.79 Å². The molecule has 27 heavy (non-hydrogen) atoms. The van der Waals surface area contributed by atoms with Gasteiger partial charge in [0.1, 0.15) is 18.0 Å². The summed E-state index contributed by atoms with van der Waals surface area (Å²) in [5.74, 6) is 0.654. The van der Waals surface area contributed by atoms with E-state index < -0.39 is 5.60 Å². The molecule has 0 fully saturated rings. The summed E-state index contributed by atoms with van der Waals surface area (Å²) in [5, 5.41) is 9.33. The molecule has 0 atom stereocenters. The largest absolute Gasteiger partial charge is 0.488 e. The lowest BCUT2D eigenvalue weighted by Gasteiger charge is -2.32. The summed E-state index contributed by atoms with van der Waals surface area (Å²) in [5.41, 5.74) is 3.09. The molecule has 0 spiro atoms. The van der Waals surface area contributed by atoms with Crippen LogP contribution in [0, 0.1) is 11.3 Å². The minimum atomic E-state index is -0.533. The molecule has 1 aliphatic rings. The molecule has 140 valence electrons. The van der Waals surface area contributed by atoms with E-state index in [1.807, 2.05) is 57.2 Å². The van der Waals surface area contributed by atoms with Gasteiger partial charge in [-0.2, -0.15) is 5.26 Å². The second-order valence-electron chi connectivity index (χ2n) is 7.65. The van der Waals surface area contributed by atoms with E-state index in [1.165, 1.54) is 0 Å². The molecule has 0 N–H and O–H groups in total. The van der Waals surface area contributed by atoms with E-state index in [4.69, 9.17) is 9.47 Å². The number of nitrogens with zero attached hydrogens (tertiary/aromatic N) is 2. The molecule has 5 nitrogen and oxygen atoms in total. The number of nitriles is 1. The number of carbonyl (C=O) groups is 1. The third kappa shape index (κ3) is 4.79. The Morgan fingerprint density at radius 3 is 2.63 bits per heavy atom. The maximum Gasteiger partial charge on any atom is 0.410 e. The van der Waals surface area contributed by atoms with Crippen LogP contribution in [0.2, 0.25) is 0 Å². The van der Waals surface area contributed by atoms with Crippen molar-refractivity contribution in [3.05, 3.63) is 64.7 Å². The van der Waals surface area contributed by atoms with Crippen molar-refractivity contribution in [2.45, 2.75) is 45.9 Å². The van der Waals surface area contributed by atoms with Gasteiger partial charge in [-0.25, -0.2) is 4.79 Å². The van der Waals surface area contributed by atoms with E-state index in [9.17, 15) is 10.1 Å². The minimum absolute atomic E-state index is 0.327. The van der Waals surface area contributed by atoms with Gasteiger partial charge in [-0.05, 0) is 50.5 Å². The Hall–Kier alpha value is -3.00. The third-order valence-corrected chi connectivity index (χ3v) is 4.32. The lowest BCUT2D eigenvalue weighted by Crippen LogP contribution is -2.40. The summed E-state index contributed by atoms with van der Waals surface area (Å²) in [6.07, 6.45) is 0.345. The second kappa shape index (κ2) is 7.71. The van der Waals surface area contributed by atoms with Gasteiger partial charge in [0.25, 0.3) is 0 Å². The molecule has 0 aliphatic carbocycles. The standard InChI is InChI=1S/C22H24N2O3/c1-22(2,3)27-21(25)24-10-9-18-11-17(13-23)12-20(19(18)14-24)26-15-16-7-5-4-6-8-16/h4-8,11-12H,9-10,14-15H2,1-3H3. The van der Waals surface area contributed by atoms with Crippen LogP contribution in [0.1, 0.15) is 43.0 Å². The summed E-state index contributed by atoms with van der Waals surface area (Å²) >= 11 is 0. The van der Waals surface area contributed by atoms with Crippen LogP contribution in [0.3, 0.4) is 0 Å². The number of carbonyl (C=O) groups excluding carboxylic acids is 1. The number of fused-ring (bicyclic) bond motifs is 1. The van der Waals surface area contributed by atoms with E-state index in [1.54, 1.807) is 11.0 Å². The molecule has 1 heterocycles. The Balaban J connectivity index is 1.83. The molecule has 0 saturated heterocycles. The van der Waals surface area contributed by atoms with E-state index in [-0.39, 0.29) is 6.09 Å². The third-order valence-electron chi connectivity index (χ3n) is 4.32. The van der Waals surface area contributed by atoms with Crippen molar-refractivity contribution in [1.82, 2.24) is 4.90 Å². The second-order valence-corrected chi connectivity index (χ2v) is 7.65. The van der Waals surface area contributed by atoms with Crippen molar-refractivity contribution in [3.63, 3.8) is 0 Å². The van der Waals surface area contributed by atoms with Gasteiger partial charge in [0, 0.05) is 12.1 Å². The highest BCUT2D eigenvalue weighted by Gasteiger charge is 2.28. The minimum Gasteiger partial charge on any atom is -0.488 e. The maximum absolute atomic E-state index is 12.4. The fourth-order valence-electron chi connectivity index (χ4n) is 3.04. The zero-order valence-electron chi connectivity index (χ0n) is 16.0. The van der Waals surface area contributed by atoms with Crippen molar-refractivity contribution in [1.29, 1.82) is 5.26 Å². The fraction of sp³-hybridized carbons (Fsp3) is 0.364. The smallest absolute Gasteiger partial charge is 0.410 e. The summed E-state index contributed by atoms with van der Waals surface area (Å²) in [6.45, 7) is 6.97. The molecular weight excluding hydrogens is 340 g/mol. The van der Waals surface area contributed by atoms with E-state index in [0.717, 1.165) is 16.7 Å². The van der Waals surface area contributed by atoms with Gasteiger partial charge < -0.3 is 14.4 Å². The molecule has 2 aromatic rings. The molecule has 0 saturated carbocycles. The topological polar surface area (TPSA) is 62.6 Å². The highest BCUT2D eigenvalue weighted by atomic mass is 16.6. The molecule has 3 rings (SSSR count). The lowest BCUT2D eigenvalue weighted by molar-refractivity contribution is 0.0222. The monoisotopic (exact) mass is 364 g/mol. The van der Waals surface area contributed by atoms with Crippen LogP contribution in [0.25, 0.3) is 0 Å². The Morgan fingerprint density at radius 1 is 1.22 bits per heavy atom. The normalized spacial score (nSPS) is 13.5. The molecule has 0 radical (unpaired) electrons. The molecule has 1 aliphatic heterocycles. The molecule has 0 bridgehead atoms. The SMILES string of the molecule is CC(C)(C)OC(=O)N1CCc2cc(C#N)cc(OCc3ccccc3)c2C1. The molecule has 2 aromatic carbocycles. The van der Waals surface area contributed by atoms with Crippen molar-refractivity contribution in [3.8, 4) is 11.8 Å². The highest BCUT2D eigenvalue weighted by Crippen LogP contribution is 2.31. The first-order valence-electron chi connectivity index (χ1n) is 9.06. The average molecular weight is 364 g/mol. The Morgan fingerprint density at radius 2 is 1.96 bits per heavy atom. The number of rotatable bonds is 3. The van der Waals surface area contributed by atoms with Crippen LogP contribution < -0.4 is 4.74 Å². The van der Waals surface area contributed by atoms with Gasteiger partial charge in [-0.1, -0.05) is 30.3 Å². The Kier molecular flexibility index (Phi) is 5.36. The van der Waals surface area contributed by atoms with Crippen LogP contribution in [0.15, 0.2) is 42.5 Å². The molecule has 1 amide bonds. The Labute approximate surface area is 160 Å². The van der Waals surface area contributed by atoms with Crippen molar-refractivity contribution >= 4 is 6.09 Å². The predicted molar refractivity (Wildman–Crippen MR) is 102 cm³/mol. The predicted octanol–water partition coefficient (Wildman–Crippen LogP) is 4.43. The summed E-state index contributed by atoms with van der Waals surface area (Å²) in [6, 6.07) is 15.7. The highest BCUT2D eigenvalue weighted by molar-refractivity contribution is 5.69. The number of hydrogen-bond donors (Lipinski definition) is 0. The maximum atomic E-state index is 12.4. The summed E-state index contributed by atoms with van der Waals surface area (Å²) in [4.78, 5) is 14.1. The van der Waals surface area contributed by atoms with Crippen molar-refractivity contribution in [2.75, 3.05) is 6.54 Å². The van der Waals surface area contributed by atoms with Crippen LogP contribution in [-0.2, 0) is 24.3 Å². The molecule has 0 aromatic heterocycles. The molecule has 5 heteroatoms. The number of hydrogen-bond acceptors (Lipinski definition) is 4. The quantitative estimate of drug-likeness (QED) is 0.808. The first-order chi connectivity index (χ1) is 12.9. The average Bonchev–Trinajstić information content (AvgIpc) is 2.65. The van der Waals surface area contributed by atoms with Crippen LogP contribution >= 0.6 is 0 Å². The Bertz CT molecular complexity index is 864. The van der Waals surface area contributed by atoms with Gasteiger partial charge in [0.2, 0.25) is 0 Å². The van der Waals surface area contributed by atoms with Crippen molar-refractivity contribution < 1.29 is 14.3 Å². The zero-order valence-corrected chi connectivity index (χ0v) is 16.0. The first-order valence-corrected chi connectivity index (χ1v) is 9.06. The van der Waals surface area contributed by atoms with E-state index >= 15 is 0 Å². The van der Waals surface area contributed by atoms with E-state index in [2.05, 4.69) is 6.07 Å². The van der Waals surface area contributed by atoms with Gasteiger partial charge in [-0.3, -0.25) is 0 Å². The summed E-state index contributed by atoms with van der Waals surface area (Å²) in [7, 11) is 0. The summed E-state index contributed by atoms with van der Waals surface area (Å²) < 4.78 is 11.5. The first kappa shape index (κ1) is 18.8. The molecular formula is C22H24N2O3. The molecule has 0 unspecified atom stereocenters. The van der Waals surface area contributed by atoms with Crippen LogP contribution in [-0.4, -0.2) is 23.1 Å². The number of amides is 1. The number of benzene rings is 2. The van der Waals surface area contributed by atoms with Crippen molar-refractivity contribution in [2.24, 2.45) is 0 Å². The lowest BCUT2D eigenvalue weighted by atomic mass is 9.96. The zero-order chi connectivity index (χ0) is 19.4. The van der Waals surface area contributed by atoms with E-state index in [0.29, 0.717) is 37.4 Å². The van der Waals surface area contributed by atoms with Gasteiger partial charge in [0.05, 0.1) is 18.2 Å². The van der Waals surface area contributed by atoms with Gasteiger partial charge in [0.15, 0.2) is 0 Å². The van der Waals surface area contributed by atoms with Gasteiger partial charge in [-0.15, -0.1) is 0 Å². The number of ether oxygens (including phenoxy) is 2. The van der Waals surface area contributed by atoms with Crippen LogP contribution in [0.5, 0.6) is 5.75 Å².